The van der Waals surface area contributed by atoms with Crippen molar-refractivity contribution in [2.24, 2.45) is 10.9 Å². The van der Waals surface area contributed by atoms with Crippen molar-refractivity contribution >= 4 is 16.8 Å². The van der Waals surface area contributed by atoms with E-state index in [1.807, 2.05) is 11.8 Å². The van der Waals surface area contributed by atoms with E-state index < -0.39 is 0 Å². The maximum absolute atomic E-state index is 4.98. The Bertz CT molecular complexity index is 421. The molecule has 1 aliphatic carbocycles. The van der Waals surface area contributed by atoms with Gasteiger partial charge in [0.05, 0.1) is 11.1 Å². The Labute approximate surface area is 108 Å². The van der Waals surface area contributed by atoms with Crippen LogP contribution in [0.1, 0.15) is 36.8 Å². The minimum absolute atomic E-state index is 0.612. The molecule has 1 aromatic carbocycles. The lowest BCUT2D eigenvalue weighted by Crippen LogP contribution is -2.30. The van der Waals surface area contributed by atoms with Crippen molar-refractivity contribution in [3.63, 3.8) is 0 Å². The first-order valence-electron chi connectivity index (χ1n) is 6.60. The Morgan fingerprint density at radius 3 is 2.71 bits per heavy atom. The molecule has 1 nitrogen and oxygen atoms in total. The fraction of sp³-hybridized carbons (Fsp3) is 0.533. The summed E-state index contributed by atoms with van der Waals surface area (Å²) in [5.74, 6) is 2.13. The molecule has 0 unspecified atom stereocenters. The highest BCUT2D eigenvalue weighted by molar-refractivity contribution is 8.14. The first-order chi connectivity index (χ1) is 8.33. The number of rotatable bonds is 1. The molecular weight excluding hydrogens is 226 g/mol. The van der Waals surface area contributed by atoms with Gasteiger partial charge in [0.2, 0.25) is 0 Å². The summed E-state index contributed by atoms with van der Waals surface area (Å²) in [7, 11) is 0. The summed E-state index contributed by atoms with van der Waals surface area (Å²) in [5, 5.41) is 1.27. The van der Waals surface area contributed by atoms with Gasteiger partial charge >= 0.3 is 0 Å². The molecule has 2 aliphatic rings. The van der Waals surface area contributed by atoms with Crippen LogP contribution in [0.2, 0.25) is 0 Å². The predicted octanol–water partition coefficient (Wildman–Crippen LogP) is 4.05. The van der Waals surface area contributed by atoms with Gasteiger partial charge in [0.15, 0.2) is 0 Å². The molecule has 0 bridgehead atoms. The van der Waals surface area contributed by atoms with Gasteiger partial charge in [-0.2, -0.15) is 0 Å². The number of thioether (sulfide) groups is 1. The Hall–Kier alpha value is -0.760. The summed E-state index contributed by atoms with van der Waals surface area (Å²) >= 11 is 1.96. The van der Waals surface area contributed by atoms with Gasteiger partial charge in [0.1, 0.15) is 0 Å². The van der Waals surface area contributed by atoms with Crippen molar-refractivity contribution < 1.29 is 0 Å². The average Bonchev–Trinajstić information content (AvgIpc) is 2.39. The van der Waals surface area contributed by atoms with E-state index >= 15 is 0 Å². The van der Waals surface area contributed by atoms with Gasteiger partial charge in [-0.05, 0) is 25.7 Å². The van der Waals surface area contributed by atoms with E-state index in [1.165, 1.54) is 47.6 Å². The molecule has 1 aromatic rings. The van der Waals surface area contributed by atoms with E-state index in [-0.39, 0.29) is 0 Å². The van der Waals surface area contributed by atoms with E-state index in [0.717, 1.165) is 5.92 Å². The normalized spacial score (nSPS) is 28.4. The van der Waals surface area contributed by atoms with Crippen molar-refractivity contribution in [2.75, 3.05) is 5.75 Å². The molecule has 2 atom stereocenters. The van der Waals surface area contributed by atoms with Gasteiger partial charge in [0.25, 0.3) is 0 Å². The Morgan fingerprint density at radius 2 is 1.88 bits per heavy atom. The third-order valence-corrected chi connectivity index (χ3v) is 5.09. The van der Waals surface area contributed by atoms with Crippen LogP contribution in [-0.4, -0.2) is 16.8 Å². The number of aryl methyl sites for hydroxylation is 1. The lowest BCUT2D eigenvalue weighted by Gasteiger charge is -2.32. The summed E-state index contributed by atoms with van der Waals surface area (Å²) in [5.41, 5.74) is 2.63. The summed E-state index contributed by atoms with van der Waals surface area (Å²) in [4.78, 5) is 4.98. The Balaban J connectivity index is 1.84. The summed E-state index contributed by atoms with van der Waals surface area (Å²) < 4.78 is 0. The van der Waals surface area contributed by atoms with Crippen molar-refractivity contribution in [3.8, 4) is 0 Å². The zero-order chi connectivity index (χ0) is 11.7. The highest BCUT2D eigenvalue weighted by atomic mass is 32.2. The van der Waals surface area contributed by atoms with Crippen LogP contribution in [0.5, 0.6) is 0 Å². The zero-order valence-electron chi connectivity index (χ0n) is 10.4. The number of hydrogen-bond acceptors (Lipinski definition) is 2. The minimum atomic E-state index is 0.612. The van der Waals surface area contributed by atoms with Crippen LogP contribution in [0.25, 0.3) is 0 Å². The fourth-order valence-corrected chi connectivity index (χ4v) is 4.05. The fourth-order valence-electron chi connectivity index (χ4n) is 2.78. The van der Waals surface area contributed by atoms with Crippen molar-refractivity contribution in [1.82, 2.24) is 0 Å². The van der Waals surface area contributed by atoms with Crippen molar-refractivity contribution in [3.05, 3.63) is 35.4 Å². The first kappa shape index (κ1) is 11.3. The number of benzene rings is 1. The average molecular weight is 245 g/mol. The van der Waals surface area contributed by atoms with Gasteiger partial charge in [-0.1, -0.05) is 42.7 Å². The lowest BCUT2D eigenvalue weighted by atomic mass is 9.86. The molecule has 1 heterocycles. The third kappa shape index (κ3) is 2.42. The van der Waals surface area contributed by atoms with Gasteiger partial charge in [-0.15, -0.1) is 11.8 Å². The van der Waals surface area contributed by atoms with Gasteiger partial charge in [0, 0.05) is 11.3 Å². The van der Waals surface area contributed by atoms with Gasteiger partial charge in [-0.25, -0.2) is 0 Å². The van der Waals surface area contributed by atoms with Crippen LogP contribution in [0.15, 0.2) is 29.3 Å². The van der Waals surface area contributed by atoms with Crippen molar-refractivity contribution in [1.29, 1.82) is 0 Å². The molecule has 17 heavy (non-hydrogen) atoms. The highest BCUT2D eigenvalue weighted by Crippen LogP contribution is 2.35. The summed E-state index contributed by atoms with van der Waals surface area (Å²) in [6.45, 7) is 2.14. The van der Waals surface area contributed by atoms with Crippen molar-refractivity contribution in [2.45, 2.75) is 38.6 Å². The molecule has 0 amide bonds. The lowest BCUT2D eigenvalue weighted by molar-refractivity contribution is 0.336. The maximum Gasteiger partial charge on any atom is 0.0980 e. The first-order valence-corrected chi connectivity index (χ1v) is 7.59. The number of fused-ring (bicyclic) bond motifs is 1. The van der Waals surface area contributed by atoms with Crippen LogP contribution in [0, 0.1) is 12.8 Å². The molecule has 2 heteroatoms. The van der Waals surface area contributed by atoms with E-state index in [9.17, 15) is 0 Å². The second-order valence-electron chi connectivity index (χ2n) is 5.22. The zero-order valence-corrected chi connectivity index (χ0v) is 11.2. The molecular formula is C15H19NS. The second-order valence-corrected chi connectivity index (χ2v) is 6.23. The molecule has 1 aliphatic heterocycles. The molecule has 0 spiro atoms. The molecule has 1 fully saturated rings. The Kier molecular flexibility index (Phi) is 3.24. The summed E-state index contributed by atoms with van der Waals surface area (Å²) in [6, 6.07) is 9.41. The molecule has 90 valence electrons. The van der Waals surface area contributed by atoms with E-state index in [1.54, 1.807) is 0 Å². The smallest absolute Gasteiger partial charge is 0.0980 e. The van der Waals surface area contributed by atoms with Crippen LogP contribution < -0.4 is 0 Å². The quantitative estimate of drug-likeness (QED) is 0.727. The van der Waals surface area contributed by atoms with E-state index in [2.05, 4.69) is 31.2 Å². The second kappa shape index (κ2) is 4.85. The Morgan fingerprint density at radius 1 is 1.12 bits per heavy atom. The molecule has 0 N–H and O–H groups in total. The SMILES string of the molecule is Cc1ccc(C2=N[C@@H]3CCCC[C@H]3CS2)cc1. The van der Waals surface area contributed by atoms with E-state index in [4.69, 9.17) is 4.99 Å². The van der Waals surface area contributed by atoms with Crippen LogP contribution >= 0.6 is 11.8 Å². The molecule has 1 saturated carbocycles. The highest BCUT2D eigenvalue weighted by Gasteiger charge is 2.29. The number of aliphatic imine (C=N–C) groups is 1. The predicted molar refractivity (Wildman–Crippen MR) is 75.9 cm³/mol. The van der Waals surface area contributed by atoms with Crippen LogP contribution in [0.3, 0.4) is 0 Å². The topological polar surface area (TPSA) is 12.4 Å². The van der Waals surface area contributed by atoms with Gasteiger partial charge in [-0.3, -0.25) is 4.99 Å². The van der Waals surface area contributed by atoms with Gasteiger partial charge < -0.3 is 0 Å². The molecule has 0 saturated heterocycles. The van der Waals surface area contributed by atoms with Crippen LogP contribution in [-0.2, 0) is 0 Å². The summed E-state index contributed by atoms with van der Waals surface area (Å²) in [6.07, 6.45) is 5.48. The maximum atomic E-state index is 4.98. The number of nitrogens with zero attached hydrogens (tertiary/aromatic N) is 1. The minimum Gasteiger partial charge on any atom is -0.274 e. The van der Waals surface area contributed by atoms with Crippen LogP contribution in [0.4, 0.5) is 0 Å². The molecule has 0 radical (unpaired) electrons. The molecule has 0 aromatic heterocycles. The monoisotopic (exact) mass is 245 g/mol. The number of hydrogen-bond donors (Lipinski definition) is 0. The standard InChI is InChI=1S/C15H19NS/c1-11-6-8-12(9-7-11)15-16-14-5-3-2-4-13(14)10-17-15/h6-9,13-14H,2-5,10H2,1H3/t13-,14+/m0/s1. The third-order valence-electron chi connectivity index (χ3n) is 3.88. The largest absolute Gasteiger partial charge is 0.274 e. The molecule has 3 rings (SSSR count). The van der Waals surface area contributed by atoms with E-state index in [0.29, 0.717) is 6.04 Å².